The second-order valence-electron chi connectivity index (χ2n) is 8.38. The molecule has 7 nitrogen and oxygen atoms in total. The largest absolute Gasteiger partial charge is 0.465 e. The van der Waals surface area contributed by atoms with Crippen LogP contribution in [-0.2, 0) is 0 Å². The van der Waals surface area contributed by atoms with Crippen molar-refractivity contribution in [1.82, 2.24) is 14.9 Å². The Kier molecular flexibility index (Phi) is 6.41. The molecule has 1 unspecified atom stereocenters. The van der Waals surface area contributed by atoms with Crippen molar-refractivity contribution in [2.75, 3.05) is 11.9 Å². The average molecular weight is 429 g/mol. The summed E-state index contributed by atoms with van der Waals surface area (Å²) in [5, 5.41) is 12.7. The number of likely N-dealkylation sites (tertiary alicyclic amines) is 1. The molecule has 158 valence electrons. The van der Waals surface area contributed by atoms with Gasteiger partial charge in [-0.1, -0.05) is 44.0 Å². The van der Waals surface area contributed by atoms with Crippen LogP contribution in [0.15, 0.2) is 42.1 Å². The van der Waals surface area contributed by atoms with Gasteiger partial charge in [0.25, 0.3) is 5.91 Å². The highest BCUT2D eigenvalue weighted by molar-refractivity contribution is 6.30. The van der Waals surface area contributed by atoms with Crippen LogP contribution >= 0.6 is 11.6 Å². The number of rotatable bonds is 3. The van der Waals surface area contributed by atoms with Crippen LogP contribution in [0.2, 0.25) is 5.02 Å². The minimum Gasteiger partial charge on any atom is -0.465 e. The number of halogens is 1. The highest BCUT2D eigenvalue weighted by Gasteiger charge is 2.36. The quantitative estimate of drug-likeness (QED) is 0.720. The fourth-order valence-electron chi connectivity index (χ4n) is 3.52. The van der Waals surface area contributed by atoms with Crippen molar-refractivity contribution in [3.8, 4) is 0 Å². The third kappa shape index (κ3) is 5.36. The molecule has 1 fully saturated rings. The van der Waals surface area contributed by atoms with Gasteiger partial charge in [0.2, 0.25) is 0 Å². The van der Waals surface area contributed by atoms with Crippen LogP contribution in [0, 0.1) is 5.41 Å². The van der Waals surface area contributed by atoms with Crippen molar-refractivity contribution in [2.45, 2.75) is 39.7 Å². The molecule has 2 aromatic heterocycles. The molecule has 0 aliphatic carbocycles. The number of nitrogens with zero attached hydrogens (tertiary/aromatic N) is 3. The smallest absolute Gasteiger partial charge is 0.407 e. The predicted octanol–water partition coefficient (Wildman–Crippen LogP) is 4.95. The molecule has 2 aromatic rings. The maximum atomic E-state index is 12.3. The van der Waals surface area contributed by atoms with Gasteiger partial charge in [-0.15, -0.1) is 0 Å². The van der Waals surface area contributed by atoms with E-state index in [9.17, 15) is 14.7 Å². The zero-order chi connectivity index (χ0) is 21.9. The van der Waals surface area contributed by atoms with E-state index < -0.39 is 6.09 Å². The fourth-order valence-corrected chi connectivity index (χ4v) is 3.63. The van der Waals surface area contributed by atoms with E-state index in [1.165, 1.54) is 11.1 Å². The van der Waals surface area contributed by atoms with Crippen molar-refractivity contribution < 1.29 is 14.7 Å². The van der Waals surface area contributed by atoms with Gasteiger partial charge >= 0.3 is 6.09 Å². The molecule has 0 aromatic carbocycles. The first-order valence-corrected chi connectivity index (χ1v) is 10.1. The Bertz CT molecular complexity index is 967. The summed E-state index contributed by atoms with van der Waals surface area (Å²) in [5.74, 6) is 0.0491. The average Bonchev–Trinajstić information content (AvgIpc) is 2.68. The third-order valence-electron chi connectivity index (χ3n) is 5.08. The maximum absolute atomic E-state index is 12.3. The molecule has 1 aliphatic heterocycles. The first-order valence-electron chi connectivity index (χ1n) is 9.72. The Labute approximate surface area is 180 Å². The lowest BCUT2D eigenvalue weighted by Crippen LogP contribution is -2.50. The summed E-state index contributed by atoms with van der Waals surface area (Å²) in [6.07, 6.45) is 3.83. The number of amides is 2. The lowest BCUT2D eigenvalue weighted by atomic mass is 9.79. The molecule has 1 saturated heterocycles. The van der Waals surface area contributed by atoms with E-state index >= 15 is 0 Å². The molecule has 0 radical (unpaired) electrons. The molecule has 1 aliphatic rings. The SMILES string of the molecule is CC(C)(C)C1CC(=Cc2cccc(NC(=O)c3ccc(Cl)cn3)n2)CCN1C(=O)O. The van der Waals surface area contributed by atoms with Gasteiger partial charge in [0, 0.05) is 18.8 Å². The number of piperidine rings is 1. The van der Waals surface area contributed by atoms with Crippen LogP contribution in [0.5, 0.6) is 0 Å². The highest BCUT2D eigenvalue weighted by Crippen LogP contribution is 2.35. The van der Waals surface area contributed by atoms with Gasteiger partial charge in [0.1, 0.15) is 11.5 Å². The van der Waals surface area contributed by atoms with E-state index in [2.05, 4.69) is 36.1 Å². The number of hydrogen-bond acceptors (Lipinski definition) is 4. The van der Waals surface area contributed by atoms with E-state index in [1.807, 2.05) is 18.2 Å². The summed E-state index contributed by atoms with van der Waals surface area (Å²) in [7, 11) is 0. The van der Waals surface area contributed by atoms with Crippen LogP contribution in [-0.4, -0.2) is 44.6 Å². The van der Waals surface area contributed by atoms with Crippen molar-refractivity contribution in [3.05, 3.63) is 58.5 Å². The van der Waals surface area contributed by atoms with Crippen molar-refractivity contribution in [2.24, 2.45) is 5.41 Å². The van der Waals surface area contributed by atoms with Crippen molar-refractivity contribution in [3.63, 3.8) is 0 Å². The second kappa shape index (κ2) is 8.83. The fraction of sp³-hybridized carbons (Fsp3) is 0.364. The van der Waals surface area contributed by atoms with E-state index in [1.54, 1.807) is 18.2 Å². The first kappa shape index (κ1) is 21.8. The molecule has 8 heteroatoms. The summed E-state index contributed by atoms with van der Waals surface area (Å²) in [5.41, 5.74) is 1.93. The van der Waals surface area contributed by atoms with Gasteiger partial charge in [0.05, 0.1) is 10.7 Å². The Morgan fingerprint density at radius 2 is 2.03 bits per heavy atom. The zero-order valence-electron chi connectivity index (χ0n) is 17.2. The number of nitrogens with one attached hydrogen (secondary N) is 1. The molecule has 0 bridgehead atoms. The minimum atomic E-state index is -0.882. The maximum Gasteiger partial charge on any atom is 0.407 e. The van der Waals surface area contributed by atoms with Crippen LogP contribution in [0.1, 0.15) is 49.8 Å². The van der Waals surface area contributed by atoms with Gasteiger partial charge in [-0.2, -0.15) is 0 Å². The molecule has 0 saturated carbocycles. The first-order chi connectivity index (χ1) is 14.1. The molecule has 0 spiro atoms. The number of carbonyl (C=O) groups is 2. The molecule has 3 rings (SSSR count). The zero-order valence-corrected chi connectivity index (χ0v) is 18.0. The Morgan fingerprint density at radius 3 is 2.67 bits per heavy atom. The van der Waals surface area contributed by atoms with Gasteiger partial charge in [-0.3, -0.25) is 4.79 Å². The van der Waals surface area contributed by atoms with Crippen molar-refractivity contribution >= 4 is 35.5 Å². The Balaban J connectivity index is 1.75. The summed E-state index contributed by atoms with van der Waals surface area (Å²) in [4.78, 5) is 34.0. The lowest BCUT2D eigenvalue weighted by molar-refractivity contribution is 0.0724. The Hall–Kier alpha value is -2.93. The van der Waals surface area contributed by atoms with Crippen LogP contribution in [0.3, 0.4) is 0 Å². The van der Waals surface area contributed by atoms with E-state index in [0.29, 0.717) is 35.9 Å². The molecular formula is C22H25ClN4O3. The highest BCUT2D eigenvalue weighted by atomic mass is 35.5. The number of pyridine rings is 2. The molecule has 30 heavy (non-hydrogen) atoms. The van der Waals surface area contributed by atoms with Crippen LogP contribution in [0.4, 0.5) is 10.6 Å². The van der Waals surface area contributed by atoms with E-state index in [4.69, 9.17) is 11.6 Å². The van der Waals surface area contributed by atoms with Crippen LogP contribution in [0.25, 0.3) is 6.08 Å². The monoisotopic (exact) mass is 428 g/mol. The molecular weight excluding hydrogens is 404 g/mol. The summed E-state index contributed by atoms with van der Waals surface area (Å²) < 4.78 is 0. The molecule has 3 heterocycles. The van der Waals surface area contributed by atoms with Gasteiger partial charge < -0.3 is 15.3 Å². The molecule has 1 atom stereocenters. The second-order valence-corrected chi connectivity index (χ2v) is 8.81. The van der Waals surface area contributed by atoms with Gasteiger partial charge in [-0.05, 0) is 48.6 Å². The van der Waals surface area contributed by atoms with Crippen molar-refractivity contribution in [1.29, 1.82) is 0 Å². The minimum absolute atomic E-state index is 0.103. The number of carbonyl (C=O) groups excluding carboxylic acids is 1. The Morgan fingerprint density at radius 1 is 1.27 bits per heavy atom. The van der Waals surface area contributed by atoms with E-state index in [0.717, 1.165) is 5.57 Å². The number of carboxylic acid groups (broad SMARTS) is 1. The normalized spacial score (nSPS) is 18.3. The van der Waals surface area contributed by atoms with E-state index in [-0.39, 0.29) is 23.1 Å². The van der Waals surface area contributed by atoms with Gasteiger partial charge in [0.15, 0.2) is 0 Å². The summed E-state index contributed by atoms with van der Waals surface area (Å²) >= 11 is 5.81. The molecule has 2 amide bonds. The summed E-state index contributed by atoms with van der Waals surface area (Å²) in [6, 6.07) is 8.44. The number of aromatic nitrogens is 2. The topological polar surface area (TPSA) is 95.4 Å². The molecule has 2 N–H and O–H groups in total. The lowest BCUT2D eigenvalue weighted by Gasteiger charge is -2.42. The number of hydrogen-bond donors (Lipinski definition) is 2. The summed E-state index contributed by atoms with van der Waals surface area (Å²) in [6.45, 7) is 6.61. The number of anilines is 1. The van der Waals surface area contributed by atoms with Crippen LogP contribution < -0.4 is 5.32 Å². The standard InChI is InChI=1S/C22H25ClN4O3/c1-22(2,3)18-12-14(9-10-27(18)21(29)30)11-16-5-4-6-19(25-16)26-20(28)17-8-7-15(23)13-24-17/h4-8,11,13,18H,9-10,12H2,1-3H3,(H,29,30)(H,25,26,28). The van der Waals surface area contributed by atoms with Gasteiger partial charge in [-0.25, -0.2) is 14.8 Å². The predicted molar refractivity (Wildman–Crippen MR) is 117 cm³/mol. The third-order valence-corrected chi connectivity index (χ3v) is 5.30.